The molecule has 0 aliphatic carbocycles. The Balaban J connectivity index is 1.52. The molecule has 0 amide bonds. The normalized spacial score (nSPS) is 15.5. The molecule has 8 aromatic rings. The third-order valence-electron chi connectivity index (χ3n) is 8.59. The lowest BCUT2D eigenvalue weighted by molar-refractivity contribution is 1.20. The fraction of sp³-hybridized carbons (Fsp3) is 0.0270. The summed E-state index contributed by atoms with van der Waals surface area (Å²) in [4.78, 5) is 0. The second-order valence-corrected chi connectivity index (χ2v) is 10.6. The Labute approximate surface area is 225 Å². The summed E-state index contributed by atoms with van der Waals surface area (Å²) < 4.78 is 4.86. The van der Waals surface area contributed by atoms with Crippen LogP contribution in [-0.4, -0.2) is 8.97 Å². The largest absolute Gasteiger partial charge is 0.310 e. The Morgan fingerprint density at radius 3 is 2.10 bits per heavy atom. The zero-order chi connectivity index (χ0) is 25.7. The lowest BCUT2D eigenvalue weighted by Crippen LogP contribution is -1.96. The number of aromatic nitrogens is 2. The lowest BCUT2D eigenvalue weighted by Gasteiger charge is -2.13. The van der Waals surface area contributed by atoms with Gasteiger partial charge in [-0.3, -0.25) is 0 Å². The summed E-state index contributed by atoms with van der Waals surface area (Å²) in [5.74, 6) is 0. The second kappa shape index (κ2) is 7.49. The van der Waals surface area contributed by atoms with Gasteiger partial charge in [0.1, 0.15) is 0 Å². The number of benzene rings is 5. The zero-order valence-corrected chi connectivity index (χ0v) is 21.4. The van der Waals surface area contributed by atoms with Crippen molar-refractivity contribution in [3.8, 4) is 11.1 Å². The Hall–Kier alpha value is -5.08. The van der Waals surface area contributed by atoms with Crippen LogP contribution in [0.2, 0.25) is 0 Å². The third-order valence-corrected chi connectivity index (χ3v) is 8.59. The highest BCUT2D eigenvalue weighted by molar-refractivity contribution is 6.26. The van der Waals surface area contributed by atoms with Gasteiger partial charge in [0.15, 0.2) is 0 Å². The van der Waals surface area contributed by atoms with Gasteiger partial charge in [0, 0.05) is 43.6 Å². The second-order valence-electron chi connectivity index (χ2n) is 10.6. The minimum atomic E-state index is 0.881. The van der Waals surface area contributed by atoms with E-state index in [1.807, 2.05) is 0 Å². The average molecular weight is 497 g/mol. The molecule has 182 valence electrons. The highest BCUT2D eigenvalue weighted by Crippen LogP contribution is 2.46. The molecule has 5 aromatic carbocycles. The molecule has 0 saturated carbocycles. The van der Waals surface area contributed by atoms with E-state index >= 15 is 0 Å². The predicted octanol–water partition coefficient (Wildman–Crippen LogP) is 9.75. The molecule has 1 aliphatic rings. The Morgan fingerprint density at radius 1 is 0.538 bits per heavy atom. The van der Waals surface area contributed by atoms with Crippen LogP contribution in [0.4, 0.5) is 0 Å². The van der Waals surface area contributed by atoms with Crippen LogP contribution in [0.25, 0.3) is 76.7 Å². The minimum Gasteiger partial charge on any atom is -0.310 e. The zero-order valence-electron chi connectivity index (χ0n) is 21.4. The minimum absolute atomic E-state index is 0.881. The van der Waals surface area contributed by atoms with E-state index in [1.54, 1.807) is 0 Å². The topological polar surface area (TPSA) is 9.34 Å². The molecule has 2 nitrogen and oxygen atoms in total. The fourth-order valence-corrected chi connectivity index (χ4v) is 7.05. The highest BCUT2D eigenvalue weighted by Gasteiger charge is 2.23. The van der Waals surface area contributed by atoms with Crippen molar-refractivity contribution >= 4 is 65.6 Å². The molecular formula is C37H24N2. The molecule has 0 bridgehead atoms. The summed E-state index contributed by atoms with van der Waals surface area (Å²) >= 11 is 0. The maximum Gasteiger partial charge on any atom is 0.0620 e. The van der Waals surface area contributed by atoms with E-state index in [-0.39, 0.29) is 0 Å². The van der Waals surface area contributed by atoms with E-state index in [0.29, 0.717) is 0 Å². The van der Waals surface area contributed by atoms with Crippen molar-refractivity contribution in [1.29, 1.82) is 0 Å². The van der Waals surface area contributed by atoms with Crippen molar-refractivity contribution in [2.45, 2.75) is 6.42 Å². The molecule has 1 aliphatic heterocycles. The van der Waals surface area contributed by atoms with Crippen LogP contribution < -0.4 is 0 Å². The fourth-order valence-electron chi connectivity index (χ4n) is 7.05. The number of allylic oxidation sites excluding steroid dienone is 5. The molecule has 0 saturated heterocycles. The van der Waals surface area contributed by atoms with Gasteiger partial charge in [0.2, 0.25) is 0 Å². The molecule has 0 unspecified atom stereocenters. The summed E-state index contributed by atoms with van der Waals surface area (Å²) in [5.41, 5.74) is 11.1. The maximum atomic E-state index is 4.48. The van der Waals surface area contributed by atoms with Crippen LogP contribution in [0.3, 0.4) is 0 Å². The van der Waals surface area contributed by atoms with Crippen LogP contribution in [0.15, 0.2) is 128 Å². The van der Waals surface area contributed by atoms with Crippen molar-refractivity contribution in [1.82, 2.24) is 8.97 Å². The van der Waals surface area contributed by atoms with Crippen molar-refractivity contribution < 1.29 is 0 Å². The van der Waals surface area contributed by atoms with Crippen LogP contribution in [0.5, 0.6) is 0 Å². The summed E-state index contributed by atoms with van der Waals surface area (Å²) in [6.07, 6.45) is 9.46. The first kappa shape index (κ1) is 20.9. The lowest BCUT2D eigenvalue weighted by atomic mass is 9.94. The van der Waals surface area contributed by atoms with Gasteiger partial charge in [0.25, 0.3) is 0 Å². The maximum absolute atomic E-state index is 4.48. The molecule has 0 N–H and O–H groups in total. The van der Waals surface area contributed by atoms with Crippen LogP contribution in [0.1, 0.15) is 5.56 Å². The van der Waals surface area contributed by atoms with Crippen molar-refractivity contribution in [2.75, 3.05) is 0 Å². The smallest absolute Gasteiger partial charge is 0.0620 e. The Bertz CT molecular complexity index is 2370. The Morgan fingerprint density at radius 2 is 1.23 bits per heavy atom. The number of nitrogens with zero attached hydrogens (tertiary/aromatic N) is 2. The standard InChI is InChI=1S/C37H24N2/c1-23-11-3-2-4-12-24-21-22-26(34-31-14-6-8-20-33(31)38(23)35(24)34)28-16-10-18-30-29-17-9-15-27-25-13-5-7-19-32(25)39(36(27)29)37(28)30/h2-11,13-22H,1,12H2/b4-2-,11-3-. The molecule has 0 radical (unpaired) electrons. The van der Waals surface area contributed by atoms with Gasteiger partial charge in [-0.15, -0.1) is 0 Å². The number of fused-ring (bicyclic) bond motifs is 9. The molecule has 4 heterocycles. The van der Waals surface area contributed by atoms with Gasteiger partial charge in [0.05, 0.1) is 27.6 Å². The molecule has 0 spiro atoms. The number of para-hydroxylation sites is 4. The molecule has 0 fully saturated rings. The first-order valence-corrected chi connectivity index (χ1v) is 13.5. The van der Waals surface area contributed by atoms with Crippen molar-refractivity contribution in [2.24, 2.45) is 0 Å². The quantitative estimate of drug-likeness (QED) is 0.214. The van der Waals surface area contributed by atoms with E-state index in [9.17, 15) is 0 Å². The van der Waals surface area contributed by atoms with Gasteiger partial charge in [-0.1, -0.05) is 110 Å². The molecule has 3 aromatic heterocycles. The molecule has 0 atom stereocenters. The summed E-state index contributed by atoms with van der Waals surface area (Å²) in [5, 5.41) is 7.79. The monoisotopic (exact) mass is 496 g/mol. The summed E-state index contributed by atoms with van der Waals surface area (Å²) in [6, 6.07) is 35.8. The van der Waals surface area contributed by atoms with Gasteiger partial charge in [-0.05, 0) is 35.8 Å². The van der Waals surface area contributed by atoms with Gasteiger partial charge in [-0.25, -0.2) is 0 Å². The van der Waals surface area contributed by atoms with Crippen molar-refractivity contribution in [3.05, 3.63) is 134 Å². The summed E-state index contributed by atoms with van der Waals surface area (Å²) in [6.45, 7) is 4.48. The number of rotatable bonds is 1. The van der Waals surface area contributed by atoms with Crippen molar-refractivity contribution in [3.63, 3.8) is 0 Å². The van der Waals surface area contributed by atoms with Crippen LogP contribution in [0, 0.1) is 0 Å². The van der Waals surface area contributed by atoms with E-state index in [0.717, 1.165) is 12.1 Å². The first-order valence-electron chi connectivity index (χ1n) is 13.5. The van der Waals surface area contributed by atoms with E-state index in [2.05, 4.69) is 137 Å². The molecule has 2 heteroatoms. The van der Waals surface area contributed by atoms with Crippen LogP contribution >= 0.6 is 0 Å². The first-order chi connectivity index (χ1) is 19.3. The third kappa shape index (κ3) is 2.60. The average Bonchev–Trinajstić information content (AvgIpc) is 3.63. The van der Waals surface area contributed by atoms with E-state index < -0.39 is 0 Å². The van der Waals surface area contributed by atoms with Crippen LogP contribution in [-0.2, 0) is 6.42 Å². The van der Waals surface area contributed by atoms with E-state index in [4.69, 9.17) is 0 Å². The SMILES string of the molecule is C=C1/C=C\C=C/Cc2ccc(-c3cccc4c5cccc6c7ccccc7n(c34)c65)c3c4ccccc4n1c23. The molecule has 9 rings (SSSR count). The predicted molar refractivity (Wildman–Crippen MR) is 167 cm³/mol. The van der Waals surface area contributed by atoms with E-state index in [1.165, 1.54) is 76.6 Å². The van der Waals surface area contributed by atoms with Gasteiger partial charge >= 0.3 is 0 Å². The van der Waals surface area contributed by atoms with Gasteiger partial charge < -0.3 is 8.97 Å². The molecule has 39 heavy (non-hydrogen) atoms. The highest BCUT2D eigenvalue weighted by atomic mass is 15.0. The number of hydrogen-bond donors (Lipinski definition) is 0. The Kier molecular flexibility index (Phi) is 4.02. The number of hydrogen-bond acceptors (Lipinski definition) is 0. The summed E-state index contributed by atoms with van der Waals surface area (Å²) in [7, 11) is 0. The molecular weight excluding hydrogens is 472 g/mol. The van der Waals surface area contributed by atoms with Gasteiger partial charge in [-0.2, -0.15) is 0 Å².